The van der Waals surface area contributed by atoms with Gasteiger partial charge in [-0.25, -0.2) is 4.98 Å². The lowest BCUT2D eigenvalue weighted by molar-refractivity contribution is -0.131. The van der Waals surface area contributed by atoms with E-state index in [0.29, 0.717) is 22.6 Å². The zero-order chi connectivity index (χ0) is 23.8. The van der Waals surface area contributed by atoms with E-state index in [4.69, 9.17) is 16.6 Å². The number of thioether (sulfide) groups is 1. The van der Waals surface area contributed by atoms with Gasteiger partial charge in [0.25, 0.3) is 0 Å². The molecule has 1 unspecified atom stereocenters. The highest BCUT2D eigenvalue weighted by atomic mass is 35.5. The lowest BCUT2D eigenvalue weighted by Crippen LogP contribution is -2.41. The highest BCUT2D eigenvalue weighted by Gasteiger charge is 2.26. The molecule has 8 heteroatoms. The van der Waals surface area contributed by atoms with E-state index in [9.17, 15) is 4.79 Å². The van der Waals surface area contributed by atoms with E-state index in [1.807, 2.05) is 30.0 Å². The molecule has 2 aromatic heterocycles. The maximum absolute atomic E-state index is 13.0. The molecule has 34 heavy (non-hydrogen) atoms. The number of carbonyl (C=O) groups excluding carboxylic acids is 1. The summed E-state index contributed by atoms with van der Waals surface area (Å²) in [6, 6.07) is 14.2. The molecule has 1 aliphatic heterocycles. The largest absolute Gasteiger partial charge is 0.342 e. The summed E-state index contributed by atoms with van der Waals surface area (Å²) in [7, 11) is 0. The van der Waals surface area contributed by atoms with Gasteiger partial charge in [-0.05, 0) is 62.4 Å². The van der Waals surface area contributed by atoms with Crippen LogP contribution in [0.25, 0.3) is 22.1 Å². The fraction of sp³-hybridized carbons (Fsp3) is 0.385. The second-order valence-corrected chi connectivity index (χ2v) is 11.0. The zero-order valence-electron chi connectivity index (χ0n) is 19.7. The second kappa shape index (κ2) is 9.55. The van der Waals surface area contributed by atoms with Crippen LogP contribution in [-0.2, 0) is 11.3 Å². The maximum atomic E-state index is 13.0. The number of hydrogen-bond acceptors (Lipinski definition) is 5. The van der Waals surface area contributed by atoms with E-state index in [-0.39, 0.29) is 11.2 Å². The molecule has 5 rings (SSSR count). The number of carbonyl (C=O) groups is 1. The first-order chi connectivity index (χ1) is 16.4. The number of hydrogen-bond donors (Lipinski definition) is 0. The van der Waals surface area contributed by atoms with Crippen molar-refractivity contribution in [1.29, 1.82) is 0 Å². The molecule has 1 amide bonds. The summed E-state index contributed by atoms with van der Waals surface area (Å²) in [5, 5.41) is 10.9. The number of fused-ring (bicyclic) bond motifs is 3. The Bertz CT molecular complexity index is 1360. The molecule has 2 aromatic carbocycles. The van der Waals surface area contributed by atoms with Crippen molar-refractivity contribution in [1.82, 2.24) is 24.6 Å². The van der Waals surface area contributed by atoms with Gasteiger partial charge in [0, 0.05) is 30.0 Å². The minimum absolute atomic E-state index is 0.149. The third-order valence-corrected chi connectivity index (χ3v) is 7.73. The van der Waals surface area contributed by atoms with Crippen molar-refractivity contribution in [2.24, 2.45) is 5.92 Å². The molecule has 0 saturated carbocycles. The summed E-state index contributed by atoms with van der Waals surface area (Å²) in [5.74, 6) is 0.836. The smallest absolute Gasteiger partial charge is 0.235 e. The second-order valence-electron chi connectivity index (χ2n) is 9.27. The molecule has 1 atom stereocenters. The number of likely N-dealkylation sites (tertiary alicyclic amines) is 1. The van der Waals surface area contributed by atoms with Gasteiger partial charge < -0.3 is 9.47 Å². The Morgan fingerprint density at radius 1 is 1.18 bits per heavy atom. The Balaban J connectivity index is 1.49. The number of amides is 1. The third-order valence-electron chi connectivity index (χ3n) is 6.56. The number of aryl methyl sites for hydroxylation is 1. The van der Waals surface area contributed by atoms with Crippen LogP contribution in [0.4, 0.5) is 0 Å². The van der Waals surface area contributed by atoms with Gasteiger partial charge in [0.05, 0.1) is 10.8 Å². The van der Waals surface area contributed by atoms with Crippen LogP contribution in [0.2, 0.25) is 5.02 Å². The third kappa shape index (κ3) is 4.64. The van der Waals surface area contributed by atoms with Crippen molar-refractivity contribution in [3.63, 3.8) is 0 Å². The van der Waals surface area contributed by atoms with Crippen LogP contribution in [0.3, 0.4) is 0 Å². The van der Waals surface area contributed by atoms with Gasteiger partial charge >= 0.3 is 0 Å². The van der Waals surface area contributed by atoms with Gasteiger partial charge in [-0.15, -0.1) is 10.2 Å². The maximum Gasteiger partial charge on any atom is 0.235 e. The number of nitrogens with zero attached hydrogens (tertiary/aromatic N) is 5. The summed E-state index contributed by atoms with van der Waals surface area (Å²) < 4.78 is 2.16. The van der Waals surface area contributed by atoms with E-state index in [2.05, 4.69) is 52.9 Å². The first-order valence-corrected chi connectivity index (χ1v) is 13.0. The van der Waals surface area contributed by atoms with Crippen LogP contribution >= 0.6 is 23.4 Å². The molecule has 0 aliphatic carbocycles. The fourth-order valence-corrected chi connectivity index (χ4v) is 5.58. The Hall–Kier alpha value is -2.64. The van der Waals surface area contributed by atoms with Crippen LogP contribution in [0, 0.1) is 12.8 Å². The monoisotopic (exact) mass is 493 g/mol. The average Bonchev–Trinajstić information content (AvgIpc) is 3.11. The number of aromatic nitrogens is 4. The van der Waals surface area contributed by atoms with Gasteiger partial charge in [0.15, 0.2) is 5.65 Å². The minimum atomic E-state index is -0.263. The van der Waals surface area contributed by atoms with Crippen molar-refractivity contribution >= 4 is 51.3 Å². The standard InChI is InChI=1S/C26H28ClN5OS/c1-16-9-11-31(12-10-16)25(33)18(3)34-26-28-24-23(29-30-26)21-13-17(2)7-8-22(21)32(24)15-19-5-4-6-20(27)14-19/h4-8,13-14,16,18H,9-12,15H2,1-3H3. The highest BCUT2D eigenvalue weighted by Crippen LogP contribution is 2.30. The number of piperidine rings is 1. The van der Waals surface area contributed by atoms with Gasteiger partial charge in [-0.3, -0.25) is 4.79 Å². The highest BCUT2D eigenvalue weighted by molar-refractivity contribution is 8.00. The van der Waals surface area contributed by atoms with Crippen LogP contribution in [0.5, 0.6) is 0 Å². The Morgan fingerprint density at radius 2 is 1.97 bits per heavy atom. The summed E-state index contributed by atoms with van der Waals surface area (Å²) >= 11 is 7.62. The molecule has 0 bridgehead atoms. The quantitative estimate of drug-likeness (QED) is 0.332. The topological polar surface area (TPSA) is 63.9 Å². The SMILES string of the molecule is Cc1ccc2c(c1)c1nnc(SC(C)C(=O)N3CCC(C)CC3)nc1n2Cc1cccc(Cl)c1. The first kappa shape index (κ1) is 23.1. The molecule has 0 spiro atoms. The van der Waals surface area contributed by atoms with Crippen molar-refractivity contribution < 1.29 is 4.79 Å². The molecule has 1 aliphatic rings. The lowest BCUT2D eigenvalue weighted by Gasteiger charge is -2.31. The van der Waals surface area contributed by atoms with Crippen LogP contribution in [0.15, 0.2) is 47.6 Å². The molecule has 176 valence electrons. The molecule has 3 heterocycles. The van der Waals surface area contributed by atoms with Crippen molar-refractivity contribution in [2.45, 2.75) is 50.6 Å². The number of benzene rings is 2. The van der Waals surface area contributed by atoms with Gasteiger partial charge in [0.1, 0.15) is 5.52 Å². The Labute approximate surface area is 208 Å². The Morgan fingerprint density at radius 3 is 2.74 bits per heavy atom. The van der Waals surface area contributed by atoms with Crippen LogP contribution < -0.4 is 0 Å². The molecule has 4 aromatic rings. The van der Waals surface area contributed by atoms with Crippen LogP contribution in [0.1, 0.15) is 37.8 Å². The van der Waals surface area contributed by atoms with E-state index >= 15 is 0 Å². The number of rotatable bonds is 5. The fourth-order valence-electron chi connectivity index (χ4n) is 4.58. The molecular formula is C26H28ClN5OS. The van der Waals surface area contributed by atoms with Crippen molar-refractivity contribution in [3.05, 3.63) is 58.6 Å². The van der Waals surface area contributed by atoms with Gasteiger partial charge in [-0.2, -0.15) is 0 Å². The zero-order valence-corrected chi connectivity index (χ0v) is 21.2. The van der Waals surface area contributed by atoms with Crippen LogP contribution in [-0.4, -0.2) is 48.9 Å². The molecular weight excluding hydrogens is 466 g/mol. The summed E-state index contributed by atoms with van der Waals surface area (Å²) in [6.07, 6.45) is 2.13. The van der Waals surface area contributed by atoms with Crippen molar-refractivity contribution in [3.8, 4) is 0 Å². The van der Waals surface area contributed by atoms with E-state index in [1.54, 1.807) is 0 Å². The minimum Gasteiger partial charge on any atom is -0.342 e. The molecule has 6 nitrogen and oxygen atoms in total. The summed E-state index contributed by atoms with van der Waals surface area (Å²) in [4.78, 5) is 19.9. The predicted molar refractivity (Wildman–Crippen MR) is 138 cm³/mol. The van der Waals surface area contributed by atoms with Crippen molar-refractivity contribution in [2.75, 3.05) is 13.1 Å². The molecule has 1 saturated heterocycles. The summed E-state index contributed by atoms with van der Waals surface area (Å²) in [5.41, 5.74) is 4.84. The average molecular weight is 494 g/mol. The normalized spacial score (nSPS) is 15.8. The van der Waals surface area contributed by atoms with E-state index in [1.165, 1.54) is 11.8 Å². The Kier molecular flexibility index (Phi) is 6.49. The van der Waals surface area contributed by atoms with Gasteiger partial charge in [-0.1, -0.05) is 54.0 Å². The van der Waals surface area contributed by atoms with E-state index in [0.717, 1.165) is 59.1 Å². The summed E-state index contributed by atoms with van der Waals surface area (Å²) in [6.45, 7) is 8.53. The predicted octanol–water partition coefficient (Wildman–Crippen LogP) is 5.73. The van der Waals surface area contributed by atoms with Gasteiger partial charge in [0.2, 0.25) is 11.1 Å². The lowest BCUT2D eigenvalue weighted by atomic mass is 9.99. The molecule has 0 radical (unpaired) electrons. The number of halogens is 1. The molecule has 0 N–H and O–H groups in total. The first-order valence-electron chi connectivity index (χ1n) is 11.7. The molecule has 1 fully saturated rings. The van der Waals surface area contributed by atoms with E-state index < -0.39 is 0 Å².